The molecule has 7 heteroatoms. The average molecular weight is 323 g/mol. The van der Waals surface area contributed by atoms with E-state index < -0.39 is 0 Å². The second-order valence-corrected chi connectivity index (χ2v) is 5.35. The second-order valence-electron chi connectivity index (χ2n) is 5.35. The molecule has 1 aliphatic rings. The van der Waals surface area contributed by atoms with Crippen LogP contribution in [0.4, 0.5) is 10.1 Å². The minimum atomic E-state index is -0.337. The van der Waals surface area contributed by atoms with E-state index in [1.165, 1.54) is 24.3 Å². The number of anilines is 1. The smallest absolute Gasteiger partial charge is 0.248 e. The lowest BCUT2D eigenvalue weighted by atomic mass is 10.3. The fourth-order valence-corrected chi connectivity index (χ4v) is 2.37. The Morgan fingerprint density at radius 2 is 1.83 bits per heavy atom. The van der Waals surface area contributed by atoms with Crippen molar-refractivity contribution in [3.8, 4) is 0 Å². The van der Waals surface area contributed by atoms with Crippen LogP contribution in [0.5, 0.6) is 0 Å². The first-order valence-electron chi connectivity index (χ1n) is 7.71. The van der Waals surface area contributed by atoms with Crippen LogP contribution in [0.15, 0.2) is 24.3 Å². The Morgan fingerprint density at radius 1 is 1.17 bits per heavy atom. The molecule has 23 heavy (non-hydrogen) atoms. The highest BCUT2D eigenvalue weighted by molar-refractivity contribution is 5.92. The first-order chi connectivity index (χ1) is 11.1. The third-order valence-corrected chi connectivity index (χ3v) is 3.65. The lowest BCUT2D eigenvalue weighted by Gasteiger charge is -2.34. The van der Waals surface area contributed by atoms with E-state index in [4.69, 9.17) is 4.74 Å². The second kappa shape index (κ2) is 8.59. The number of hydrogen-bond donors (Lipinski definition) is 1. The number of nitrogens with zero attached hydrogens (tertiary/aromatic N) is 2. The molecule has 6 nitrogen and oxygen atoms in total. The summed E-state index contributed by atoms with van der Waals surface area (Å²) in [6.07, 6.45) is 0. The summed E-state index contributed by atoms with van der Waals surface area (Å²) >= 11 is 0. The molecule has 0 radical (unpaired) electrons. The van der Waals surface area contributed by atoms with Gasteiger partial charge in [-0.05, 0) is 31.2 Å². The van der Waals surface area contributed by atoms with Crippen LogP contribution in [0.1, 0.15) is 6.92 Å². The van der Waals surface area contributed by atoms with Gasteiger partial charge in [0.25, 0.3) is 0 Å². The van der Waals surface area contributed by atoms with Gasteiger partial charge in [-0.15, -0.1) is 0 Å². The predicted octanol–water partition coefficient (Wildman–Crippen LogP) is 0.945. The number of ether oxygens (including phenoxy) is 1. The van der Waals surface area contributed by atoms with E-state index in [9.17, 15) is 14.0 Å². The SMILES string of the molecule is CCOCC(=O)N1CCN(CC(=O)Nc2ccc(F)cc2)CC1. The molecule has 1 heterocycles. The number of piperazine rings is 1. The largest absolute Gasteiger partial charge is 0.372 e. The standard InChI is InChI=1S/C16H22FN3O3/c1-2-23-12-16(22)20-9-7-19(8-10-20)11-15(21)18-14-5-3-13(17)4-6-14/h3-6H,2,7-12H2,1H3,(H,18,21). The molecule has 1 fully saturated rings. The maximum Gasteiger partial charge on any atom is 0.248 e. The minimum absolute atomic E-state index is 0.0118. The summed E-state index contributed by atoms with van der Waals surface area (Å²) in [6.45, 7) is 5.22. The van der Waals surface area contributed by atoms with Crippen LogP contribution in [0.2, 0.25) is 0 Å². The molecule has 0 aliphatic carbocycles. The molecular formula is C16H22FN3O3. The molecule has 0 spiro atoms. The summed E-state index contributed by atoms with van der Waals surface area (Å²) in [4.78, 5) is 27.5. The molecule has 0 aromatic heterocycles. The molecule has 126 valence electrons. The van der Waals surface area contributed by atoms with Crippen LogP contribution in [0, 0.1) is 5.82 Å². The van der Waals surface area contributed by atoms with Gasteiger partial charge in [0.1, 0.15) is 12.4 Å². The Balaban J connectivity index is 1.72. The third-order valence-electron chi connectivity index (χ3n) is 3.65. The van der Waals surface area contributed by atoms with Crippen LogP contribution in [-0.4, -0.2) is 67.6 Å². The van der Waals surface area contributed by atoms with E-state index in [-0.39, 0.29) is 30.8 Å². The van der Waals surface area contributed by atoms with Gasteiger partial charge in [-0.3, -0.25) is 14.5 Å². The minimum Gasteiger partial charge on any atom is -0.372 e. The lowest BCUT2D eigenvalue weighted by Crippen LogP contribution is -2.51. The Hall–Kier alpha value is -1.99. The number of rotatable bonds is 6. The third kappa shape index (κ3) is 5.61. The predicted molar refractivity (Wildman–Crippen MR) is 84.5 cm³/mol. The van der Waals surface area contributed by atoms with E-state index in [2.05, 4.69) is 5.32 Å². The molecule has 1 N–H and O–H groups in total. The van der Waals surface area contributed by atoms with Gasteiger partial charge in [-0.1, -0.05) is 0 Å². The van der Waals surface area contributed by atoms with Crippen LogP contribution in [0.3, 0.4) is 0 Å². The molecule has 1 saturated heterocycles. The number of hydrogen-bond acceptors (Lipinski definition) is 4. The van der Waals surface area contributed by atoms with Gasteiger partial charge in [-0.25, -0.2) is 4.39 Å². The Morgan fingerprint density at radius 3 is 2.43 bits per heavy atom. The van der Waals surface area contributed by atoms with Crippen LogP contribution < -0.4 is 5.32 Å². The molecule has 1 aromatic carbocycles. The van der Waals surface area contributed by atoms with Crippen molar-refractivity contribution in [1.82, 2.24) is 9.80 Å². The van der Waals surface area contributed by atoms with Crippen molar-refractivity contribution in [3.63, 3.8) is 0 Å². The number of halogens is 1. The van der Waals surface area contributed by atoms with Gasteiger partial charge in [0.15, 0.2) is 0 Å². The molecular weight excluding hydrogens is 301 g/mol. The topological polar surface area (TPSA) is 61.9 Å². The molecule has 1 aromatic rings. The molecule has 2 rings (SSSR count). The summed E-state index contributed by atoms with van der Waals surface area (Å²) in [5.41, 5.74) is 0.571. The summed E-state index contributed by atoms with van der Waals surface area (Å²) in [7, 11) is 0. The molecule has 2 amide bonds. The Bertz CT molecular complexity index is 528. The van der Waals surface area contributed by atoms with Crippen LogP contribution >= 0.6 is 0 Å². The fourth-order valence-electron chi connectivity index (χ4n) is 2.37. The average Bonchev–Trinajstić information content (AvgIpc) is 2.55. The van der Waals surface area contributed by atoms with Crippen molar-refractivity contribution in [1.29, 1.82) is 0 Å². The number of amides is 2. The van der Waals surface area contributed by atoms with Crippen molar-refractivity contribution in [2.24, 2.45) is 0 Å². The highest BCUT2D eigenvalue weighted by Gasteiger charge is 2.22. The Labute approximate surface area is 135 Å². The molecule has 0 bridgehead atoms. The zero-order valence-corrected chi connectivity index (χ0v) is 13.3. The van der Waals surface area contributed by atoms with Gasteiger partial charge in [0.2, 0.25) is 11.8 Å². The normalized spacial score (nSPS) is 15.5. The maximum absolute atomic E-state index is 12.8. The zero-order valence-electron chi connectivity index (χ0n) is 13.3. The van der Waals surface area contributed by atoms with Crippen LogP contribution in [0.25, 0.3) is 0 Å². The summed E-state index contributed by atoms with van der Waals surface area (Å²) < 4.78 is 17.9. The zero-order chi connectivity index (χ0) is 16.7. The van der Waals surface area contributed by atoms with Crippen molar-refractivity contribution in [3.05, 3.63) is 30.1 Å². The summed E-state index contributed by atoms with van der Waals surface area (Å²) in [5.74, 6) is -0.496. The first kappa shape index (κ1) is 17.4. The fraction of sp³-hybridized carbons (Fsp3) is 0.500. The van der Waals surface area contributed by atoms with E-state index in [1.807, 2.05) is 11.8 Å². The highest BCUT2D eigenvalue weighted by Crippen LogP contribution is 2.09. The first-order valence-corrected chi connectivity index (χ1v) is 7.71. The molecule has 0 unspecified atom stereocenters. The number of nitrogens with one attached hydrogen (secondary N) is 1. The van der Waals surface area contributed by atoms with Gasteiger partial charge in [0, 0.05) is 38.5 Å². The van der Waals surface area contributed by atoms with Gasteiger partial charge in [0.05, 0.1) is 6.54 Å². The Kier molecular flexibility index (Phi) is 6.49. The highest BCUT2D eigenvalue weighted by atomic mass is 19.1. The number of carbonyl (C=O) groups excluding carboxylic acids is 2. The van der Waals surface area contributed by atoms with Crippen molar-refractivity contribution < 1.29 is 18.7 Å². The van der Waals surface area contributed by atoms with Crippen molar-refractivity contribution >= 4 is 17.5 Å². The van der Waals surface area contributed by atoms with E-state index in [0.29, 0.717) is 38.5 Å². The van der Waals surface area contributed by atoms with E-state index in [1.54, 1.807) is 4.90 Å². The van der Waals surface area contributed by atoms with Crippen molar-refractivity contribution in [2.75, 3.05) is 51.3 Å². The number of benzene rings is 1. The quantitative estimate of drug-likeness (QED) is 0.846. The van der Waals surface area contributed by atoms with Gasteiger partial charge >= 0.3 is 0 Å². The van der Waals surface area contributed by atoms with Gasteiger partial charge in [-0.2, -0.15) is 0 Å². The van der Waals surface area contributed by atoms with E-state index >= 15 is 0 Å². The maximum atomic E-state index is 12.8. The van der Waals surface area contributed by atoms with Crippen molar-refractivity contribution in [2.45, 2.75) is 6.92 Å². The van der Waals surface area contributed by atoms with E-state index in [0.717, 1.165) is 0 Å². The monoisotopic (exact) mass is 323 g/mol. The van der Waals surface area contributed by atoms with Gasteiger partial charge < -0.3 is 15.0 Å². The molecule has 1 aliphatic heterocycles. The summed E-state index contributed by atoms with van der Waals surface area (Å²) in [5, 5.41) is 2.73. The van der Waals surface area contributed by atoms with Crippen LogP contribution in [-0.2, 0) is 14.3 Å². The lowest BCUT2D eigenvalue weighted by molar-refractivity contribution is -0.137. The molecule has 0 saturated carbocycles. The summed E-state index contributed by atoms with van der Waals surface area (Å²) in [6, 6.07) is 5.66. The number of carbonyl (C=O) groups is 2. The molecule has 0 atom stereocenters.